The first-order valence-corrected chi connectivity index (χ1v) is 7.63. The van der Waals surface area contributed by atoms with Crippen LogP contribution in [0, 0.1) is 11.8 Å². The van der Waals surface area contributed by atoms with Gasteiger partial charge in [0.25, 0.3) is 10.1 Å². The van der Waals surface area contributed by atoms with Gasteiger partial charge < -0.3 is 11.5 Å². The summed E-state index contributed by atoms with van der Waals surface area (Å²) < 4.78 is 32.1. The van der Waals surface area contributed by atoms with Crippen LogP contribution in [0.25, 0.3) is 0 Å². The second-order valence-electron chi connectivity index (χ2n) is 5.42. The van der Waals surface area contributed by atoms with Crippen LogP contribution in [0.4, 0.5) is 0 Å². The average molecular weight is 264 g/mol. The minimum atomic E-state index is -4.10. The lowest BCUT2D eigenvalue weighted by molar-refractivity contribution is 0.221. The van der Waals surface area contributed by atoms with E-state index in [4.69, 9.17) is 11.5 Å². The zero-order chi connectivity index (χ0) is 13.3. The van der Waals surface area contributed by atoms with Crippen LogP contribution in [0.1, 0.15) is 39.5 Å². The van der Waals surface area contributed by atoms with E-state index in [2.05, 4.69) is 0 Å². The Morgan fingerprint density at radius 3 is 2.06 bits per heavy atom. The van der Waals surface area contributed by atoms with E-state index in [0.717, 1.165) is 12.8 Å². The van der Waals surface area contributed by atoms with E-state index in [1.54, 1.807) is 0 Å². The topological polar surface area (TPSA) is 106 Å². The van der Waals surface area contributed by atoms with Gasteiger partial charge in [-0.25, -0.2) is 0 Å². The molecule has 5 nitrogen and oxygen atoms in total. The predicted molar refractivity (Wildman–Crippen MR) is 68.1 cm³/mol. The summed E-state index contributed by atoms with van der Waals surface area (Å²) in [6.45, 7) is 4.11. The van der Waals surface area contributed by atoms with Crippen LogP contribution in [-0.4, -0.2) is 30.3 Å². The van der Waals surface area contributed by atoms with Gasteiger partial charge in [-0.05, 0) is 24.7 Å². The zero-order valence-electron chi connectivity index (χ0n) is 10.6. The molecule has 1 unspecified atom stereocenters. The minimum Gasteiger partial charge on any atom is -0.329 e. The zero-order valence-corrected chi connectivity index (χ0v) is 11.4. The van der Waals surface area contributed by atoms with Gasteiger partial charge in [0.1, 0.15) is 4.75 Å². The number of rotatable bonds is 5. The molecule has 1 rings (SSSR count). The molecule has 0 saturated heterocycles. The van der Waals surface area contributed by atoms with E-state index >= 15 is 0 Å². The average Bonchev–Trinajstić information content (AvgIpc) is 2.66. The first-order chi connectivity index (χ1) is 7.76. The van der Waals surface area contributed by atoms with Crippen molar-refractivity contribution < 1.29 is 13.0 Å². The second kappa shape index (κ2) is 5.22. The molecular formula is C11H24N2O3S. The van der Waals surface area contributed by atoms with Crippen molar-refractivity contribution in [3.05, 3.63) is 0 Å². The van der Waals surface area contributed by atoms with Gasteiger partial charge in [-0.1, -0.05) is 26.7 Å². The summed E-state index contributed by atoms with van der Waals surface area (Å²) in [7, 11) is -4.10. The highest BCUT2D eigenvalue weighted by atomic mass is 32.2. The van der Waals surface area contributed by atoms with Gasteiger partial charge in [-0.15, -0.1) is 0 Å². The second-order valence-corrected chi connectivity index (χ2v) is 7.18. The SMILES string of the molecule is CC(C)C([C@H](N)CN)C1(S(=O)(=O)O)CCCC1. The van der Waals surface area contributed by atoms with Crippen LogP contribution in [0.2, 0.25) is 0 Å². The van der Waals surface area contributed by atoms with Crippen LogP contribution in [0.15, 0.2) is 0 Å². The van der Waals surface area contributed by atoms with Crippen molar-refractivity contribution in [2.24, 2.45) is 23.3 Å². The molecule has 0 bridgehead atoms. The van der Waals surface area contributed by atoms with Gasteiger partial charge in [0.2, 0.25) is 0 Å². The summed E-state index contributed by atoms with van der Waals surface area (Å²) in [5, 5.41) is 0. The first-order valence-electron chi connectivity index (χ1n) is 6.19. The molecule has 1 saturated carbocycles. The predicted octanol–water partition coefficient (Wildman–Crippen LogP) is 0.745. The summed E-state index contributed by atoms with van der Waals surface area (Å²) in [6.07, 6.45) is 2.62. The normalized spacial score (nSPS) is 23.9. The molecule has 0 amide bonds. The maximum absolute atomic E-state index is 11.8. The Bertz CT molecular complexity index is 348. The third-order valence-electron chi connectivity index (χ3n) is 4.02. The van der Waals surface area contributed by atoms with Crippen LogP contribution in [0.5, 0.6) is 0 Å². The summed E-state index contributed by atoms with van der Waals surface area (Å²) in [4.78, 5) is 0. The van der Waals surface area contributed by atoms with Crippen LogP contribution in [0.3, 0.4) is 0 Å². The highest BCUT2D eigenvalue weighted by molar-refractivity contribution is 7.87. The molecule has 0 aromatic heterocycles. The van der Waals surface area contributed by atoms with E-state index in [1.165, 1.54) is 0 Å². The van der Waals surface area contributed by atoms with Crippen molar-refractivity contribution in [3.63, 3.8) is 0 Å². The lowest BCUT2D eigenvalue weighted by Gasteiger charge is -2.40. The van der Waals surface area contributed by atoms with E-state index in [0.29, 0.717) is 12.8 Å². The van der Waals surface area contributed by atoms with Gasteiger partial charge in [0.05, 0.1) is 0 Å². The van der Waals surface area contributed by atoms with Crippen LogP contribution in [-0.2, 0) is 10.1 Å². The maximum Gasteiger partial charge on any atom is 0.271 e. The fraction of sp³-hybridized carbons (Fsp3) is 1.00. The Balaban J connectivity index is 3.20. The van der Waals surface area contributed by atoms with Crippen molar-refractivity contribution in [2.45, 2.75) is 50.3 Å². The van der Waals surface area contributed by atoms with Crippen molar-refractivity contribution >= 4 is 10.1 Å². The lowest BCUT2D eigenvalue weighted by Crippen LogP contribution is -2.55. The summed E-state index contributed by atoms with van der Waals surface area (Å²) in [5.74, 6) is -0.210. The molecule has 1 fully saturated rings. The molecule has 0 spiro atoms. The summed E-state index contributed by atoms with van der Waals surface area (Å²) >= 11 is 0. The Morgan fingerprint density at radius 2 is 1.76 bits per heavy atom. The molecule has 0 aromatic carbocycles. The Kier molecular flexibility index (Phi) is 4.57. The molecule has 0 aliphatic heterocycles. The van der Waals surface area contributed by atoms with E-state index in [9.17, 15) is 13.0 Å². The van der Waals surface area contributed by atoms with Crippen molar-refractivity contribution in [1.29, 1.82) is 0 Å². The summed E-state index contributed by atoms with van der Waals surface area (Å²) in [5.41, 5.74) is 11.6. The highest BCUT2D eigenvalue weighted by Gasteiger charge is 2.53. The van der Waals surface area contributed by atoms with Crippen molar-refractivity contribution in [1.82, 2.24) is 0 Å². The molecule has 0 radical (unpaired) electrons. The fourth-order valence-electron chi connectivity index (χ4n) is 3.38. The smallest absolute Gasteiger partial charge is 0.271 e. The molecule has 5 N–H and O–H groups in total. The molecule has 17 heavy (non-hydrogen) atoms. The van der Waals surface area contributed by atoms with Crippen molar-refractivity contribution in [2.75, 3.05) is 6.54 Å². The molecule has 6 heteroatoms. The molecule has 1 aliphatic carbocycles. The monoisotopic (exact) mass is 264 g/mol. The summed E-state index contributed by atoms with van der Waals surface area (Å²) in [6, 6.07) is -0.393. The largest absolute Gasteiger partial charge is 0.329 e. The van der Waals surface area contributed by atoms with E-state index in [1.807, 2.05) is 13.8 Å². The van der Waals surface area contributed by atoms with Crippen LogP contribution >= 0.6 is 0 Å². The molecule has 1 aliphatic rings. The molecular weight excluding hydrogens is 240 g/mol. The fourth-order valence-corrected chi connectivity index (χ4v) is 4.97. The lowest BCUT2D eigenvalue weighted by atomic mass is 9.76. The molecule has 0 heterocycles. The van der Waals surface area contributed by atoms with Gasteiger partial charge in [-0.3, -0.25) is 4.55 Å². The van der Waals surface area contributed by atoms with Gasteiger partial charge in [0.15, 0.2) is 0 Å². The highest BCUT2D eigenvalue weighted by Crippen LogP contribution is 2.46. The van der Waals surface area contributed by atoms with E-state index in [-0.39, 0.29) is 18.4 Å². The van der Waals surface area contributed by atoms with Gasteiger partial charge in [-0.2, -0.15) is 8.42 Å². The molecule has 102 valence electrons. The Morgan fingerprint density at radius 1 is 1.29 bits per heavy atom. The molecule has 0 aromatic rings. The van der Waals surface area contributed by atoms with Gasteiger partial charge in [0, 0.05) is 12.6 Å². The number of hydrogen-bond donors (Lipinski definition) is 3. The quantitative estimate of drug-likeness (QED) is 0.635. The van der Waals surface area contributed by atoms with Crippen LogP contribution < -0.4 is 11.5 Å². The first kappa shape index (κ1) is 14.9. The number of hydrogen-bond acceptors (Lipinski definition) is 4. The van der Waals surface area contributed by atoms with Gasteiger partial charge >= 0.3 is 0 Å². The van der Waals surface area contributed by atoms with E-state index < -0.39 is 20.9 Å². The third kappa shape index (κ3) is 2.65. The Hall–Kier alpha value is -0.170. The third-order valence-corrected chi connectivity index (χ3v) is 5.73. The Labute approximate surface area is 104 Å². The van der Waals surface area contributed by atoms with Crippen molar-refractivity contribution in [3.8, 4) is 0 Å². The number of nitrogens with two attached hydrogens (primary N) is 2. The minimum absolute atomic E-state index is 0.0774. The maximum atomic E-state index is 11.8. The standard InChI is InChI=1S/C11H24N2O3S/c1-8(2)10(9(13)7-12)11(17(14,15)16)5-3-4-6-11/h8-10H,3-7,12-13H2,1-2H3,(H,14,15,16)/t9-,10?/m1/s1. The molecule has 2 atom stereocenters.